The summed E-state index contributed by atoms with van der Waals surface area (Å²) in [7, 11) is 1.61. The van der Waals surface area contributed by atoms with Crippen molar-refractivity contribution in [2.45, 2.75) is 12.8 Å². The Morgan fingerprint density at radius 3 is 2.42 bits per heavy atom. The first-order valence-electron chi connectivity index (χ1n) is 7.72. The van der Waals surface area contributed by atoms with Crippen LogP contribution in [0.2, 0.25) is 0 Å². The fourth-order valence-corrected chi connectivity index (χ4v) is 2.20. The molecule has 0 bridgehead atoms. The van der Waals surface area contributed by atoms with E-state index < -0.39 is 4.92 Å². The van der Waals surface area contributed by atoms with Gasteiger partial charge < -0.3 is 15.4 Å². The highest BCUT2D eigenvalue weighted by Crippen LogP contribution is 2.28. The van der Waals surface area contributed by atoms with Gasteiger partial charge in [0.15, 0.2) is 0 Å². The summed E-state index contributed by atoms with van der Waals surface area (Å²) in [6.07, 6.45) is 2.80. The second-order valence-corrected chi connectivity index (χ2v) is 5.11. The lowest BCUT2D eigenvalue weighted by Crippen LogP contribution is -2.13. The summed E-state index contributed by atoms with van der Waals surface area (Å²) in [5.41, 5.74) is 1.02. The van der Waals surface area contributed by atoms with Gasteiger partial charge in [0.05, 0.1) is 4.92 Å². The van der Waals surface area contributed by atoms with Crippen molar-refractivity contribution in [1.29, 1.82) is 0 Å². The van der Waals surface area contributed by atoms with Crippen LogP contribution in [0, 0.1) is 10.1 Å². The van der Waals surface area contributed by atoms with E-state index in [9.17, 15) is 10.1 Å². The average molecular weight is 331 g/mol. The maximum absolute atomic E-state index is 11.4. The van der Waals surface area contributed by atoms with Crippen LogP contribution in [0.3, 0.4) is 0 Å². The summed E-state index contributed by atoms with van der Waals surface area (Å²) in [6.45, 7) is 1.66. The minimum absolute atomic E-state index is 0.136. The zero-order valence-electron chi connectivity index (χ0n) is 13.6. The molecule has 24 heavy (non-hydrogen) atoms. The Kier molecular flexibility index (Phi) is 6.91. The van der Waals surface area contributed by atoms with E-state index in [-0.39, 0.29) is 17.3 Å². The minimum Gasteiger partial charge on any atom is -0.385 e. The SMILES string of the molecule is COCCCNc1ncnc(NCCc2ccccc2)c1[N+](=O)[O-]. The van der Waals surface area contributed by atoms with Gasteiger partial charge >= 0.3 is 5.69 Å². The van der Waals surface area contributed by atoms with Crippen LogP contribution in [-0.2, 0) is 11.2 Å². The molecule has 0 aliphatic rings. The lowest BCUT2D eigenvalue weighted by molar-refractivity contribution is -0.383. The highest BCUT2D eigenvalue weighted by atomic mass is 16.6. The Morgan fingerprint density at radius 2 is 1.79 bits per heavy atom. The maximum atomic E-state index is 11.4. The Labute approximate surface area is 140 Å². The molecule has 2 N–H and O–H groups in total. The van der Waals surface area contributed by atoms with E-state index >= 15 is 0 Å². The molecule has 0 aliphatic carbocycles. The quantitative estimate of drug-likeness (QED) is 0.392. The van der Waals surface area contributed by atoms with Crippen molar-refractivity contribution in [1.82, 2.24) is 9.97 Å². The molecule has 1 heterocycles. The van der Waals surface area contributed by atoms with Gasteiger partial charge in [0.2, 0.25) is 11.6 Å². The molecule has 2 aromatic rings. The minimum atomic E-state index is -0.469. The molecule has 8 heteroatoms. The van der Waals surface area contributed by atoms with Crippen LogP contribution in [0.4, 0.5) is 17.3 Å². The van der Waals surface area contributed by atoms with Crippen LogP contribution >= 0.6 is 0 Å². The Hall–Kier alpha value is -2.74. The van der Waals surface area contributed by atoms with Gasteiger partial charge in [0, 0.05) is 26.8 Å². The number of benzene rings is 1. The van der Waals surface area contributed by atoms with Crippen molar-refractivity contribution in [3.8, 4) is 0 Å². The maximum Gasteiger partial charge on any atom is 0.353 e. The molecule has 8 nitrogen and oxygen atoms in total. The molecule has 0 saturated heterocycles. The van der Waals surface area contributed by atoms with E-state index in [0.717, 1.165) is 18.4 Å². The number of nitro groups is 1. The molecule has 0 saturated carbocycles. The third-order valence-corrected chi connectivity index (χ3v) is 3.37. The predicted octanol–water partition coefficient (Wildman–Crippen LogP) is 2.49. The standard InChI is InChI=1S/C16H21N5O3/c1-24-11-5-9-17-15-14(21(22)23)16(20-12-19-15)18-10-8-13-6-3-2-4-7-13/h2-4,6-7,12H,5,8-11H2,1H3,(H2,17,18,19,20). The fourth-order valence-electron chi connectivity index (χ4n) is 2.20. The summed E-state index contributed by atoms with van der Waals surface area (Å²) >= 11 is 0. The third-order valence-electron chi connectivity index (χ3n) is 3.37. The highest BCUT2D eigenvalue weighted by Gasteiger charge is 2.22. The van der Waals surface area contributed by atoms with Gasteiger partial charge in [0.1, 0.15) is 6.33 Å². The summed E-state index contributed by atoms with van der Waals surface area (Å²) in [6, 6.07) is 9.90. The number of nitrogens with one attached hydrogen (secondary N) is 2. The van der Waals surface area contributed by atoms with Crippen molar-refractivity contribution in [2.24, 2.45) is 0 Å². The topological polar surface area (TPSA) is 102 Å². The van der Waals surface area contributed by atoms with Gasteiger partial charge in [-0.3, -0.25) is 10.1 Å². The molecule has 2 rings (SSSR count). The lowest BCUT2D eigenvalue weighted by Gasteiger charge is -2.10. The second kappa shape index (κ2) is 9.41. The van der Waals surface area contributed by atoms with E-state index in [4.69, 9.17) is 4.74 Å². The molecule has 0 unspecified atom stereocenters. The van der Waals surface area contributed by atoms with Crippen LogP contribution in [0.5, 0.6) is 0 Å². The van der Waals surface area contributed by atoms with Crippen molar-refractivity contribution >= 4 is 17.3 Å². The highest BCUT2D eigenvalue weighted by molar-refractivity contribution is 5.69. The van der Waals surface area contributed by atoms with E-state index in [1.807, 2.05) is 30.3 Å². The zero-order valence-corrected chi connectivity index (χ0v) is 13.6. The number of anilines is 2. The first-order chi connectivity index (χ1) is 11.7. The molecule has 0 radical (unpaired) electrons. The van der Waals surface area contributed by atoms with Gasteiger partial charge in [0.25, 0.3) is 0 Å². The van der Waals surface area contributed by atoms with Crippen molar-refractivity contribution < 1.29 is 9.66 Å². The molecule has 0 aliphatic heterocycles. The number of nitrogens with zero attached hydrogens (tertiary/aromatic N) is 3. The first-order valence-corrected chi connectivity index (χ1v) is 7.72. The lowest BCUT2D eigenvalue weighted by atomic mass is 10.1. The molecule has 0 fully saturated rings. The van der Waals surface area contributed by atoms with Gasteiger partial charge in [-0.15, -0.1) is 0 Å². The van der Waals surface area contributed by atoms with Crippen LogP contribution < -0.4 is 10.6 Å². The number of rotatable bonds is 10. The number of hydrogen-bond acceptors (Lipinski definition) is 7. The largest absolute Gasteiger partial charge is 0.385 e. The van der Waals surface area contributed by atoms with Crippen LogP contribution in [0.1, 0.15) is 12.0 Å². The van der Waals surface area contributed by atoms with Gasteiger partial charge in [-0.05, 0) is 18.4 Å². The zero-order chi connectivity index (χ0) is 17.2. The number of methoxy groups -OCH3 is 1. The van der Waals surface area contributed by atoms with E-state index in [1.54, 1.807) is 7.11 Å². The first kappa shape index (κ1) is 17.6. The average Bonchev–Trinajstić information content (AvgIpc) is 2.59. The molecule has 0 atom stereocenters. The fraction of sp³-hybridized carbons (Fsp3) is 0.375. The van der Waals surface area contributed by atoms with Crippen LogP contribution in [0.25, 0.3) is 0 Å². The summed E-state index contributed by atoms with van der Waals surface area (Å²) in [5.74, 6) is 0.438. The molecule has 0 amide bonds. The molecule has 128 valence electrons. The molecule has 0 spiro atoms. The van der Waals surface area contributed by atoms with Crippen molar-refractivity contribution in [2.75, 3.05) is 37.4 Å². The Bertz CT molecular complexity index is 651. The van der Waals surface area contributed by atoms with E-state index in [0.29, 0.717) is 19.7 Å². The molecular formula is C16H21N5O3. The monoisotopic (exact) mass is 331 g/mol. The summed E-state index contributed by atoms with van der Waals surface area (Å²) in [5, 5.41) is 17.4. The van der Waals surface area contributed by atoms with Crippen molar-refractivity contribution in [3.63, 3.8) is 0 Å². The normalized spacial score (nSPS) is 10.4. The number of ether oxygens (including phenoxy) is 1. The summed E-state index contributed by atoms with van der Waals surface area (Å²) in [4.78, 5) is 18.9. The van der Waals surface area contributed by atoms with Crippen LogP contribution in [0.15, 0.2) is 36.7 Å². The van der Waals surface area contributed by atoms with Crippen LogP contribution in [-0.4, -0.2) is 41.7 Å². The summed E-state index contributed by atoms with van der Waals surface area (Å²) < 4.78 is 4.96. The van der Waals surface area contributed by atoms with Gasteiger partial charge in [-0.1, -0.05) is 30.3 Å². The predicted molar refractivity (Wildman–Crippen MR) is 92.3 cm³/mol. The van der Waals surface area contributed by atoms with E-state index in [1.165, 1.54) is 6.33 Å². The Morgan fingerprint density at radius 1 is 1.12 bits per heavy atom. The smallest absolute Gasteiger partial charge is 0.353 e. The molecule has 1 aromatic heterocycles. The van der Waals surface area contributed by atoms with Gasteiger partial charge in [-0.2, -0.15) is 0 Å². The number of hydrogen-bond donors (Lipinski definition) is 2. The Balaban J connectivity index is 2.01. The molecular weight excluding hydrogens is 310 g/mol. The van der Waals surface area contributed by atoms with Crippen molar-refractivity contribution in [3.05, 3.63) is 52.3 Å². The van der Waals surface area contributed by atoms with E-state index in [2.05, 4.69) is 20.6 Å². The second-order valence-electron chi connectivity index (χ2n) is 5.11. The van der Waals surface area contributed by atoms with Gasteiger partial charge in [-0.25, -0.2) is 9.97 Å². The molecule has 1 aromatic carbocycles. The number of aromatic nitrogens is 2. The third kappa shape index (κ3) is 5.17.